The monoisotopic (exact) mass is 483 g/mol. The third-order valence-electron chi connectivity index (χ3n) is 6.66. The van der Waals surface area contributed by atoms with Gasteiger partial charge in [0, 0.05) is 11.1 Å². The SMILES string of the molecule is CC(C)(C)C(CO[Si](C)(C)C(C)(C)C)NC(=O)c1ccc(-c2ccccc2C=O)c(C(=O)O)c1. The molecule has 0 heterocycles. The molecular weight excluding hydrogens is 446 g/mol. The van der Waals surface area contributed by atoms with E-state index in [1.165, 1.54) is 6.07 Å². The first-order chi connectivity index (χ1) is 15.6. The molecule has 1 unspecified atom stereocenters. The molecule has 0 aliphatic carbocycles. The van der Waals surface area contributed by atoms with Gasteiger partial charge in [0.15, 0.2) is 14.6 Å². The van der Waals surface area contributed by atoms with Gasteiger partial charge in [-0.3, -0.25) is 9.59 Å². The summed E-state index contributed by atoms with van der Waals surface area (Å²) >= 11 is 0. The predicted molar refractivity (Wildman–Crippen MR) is 138 cm³/mol. The standard InChI is InChI=1S/C27H37NO5Si/c1-26(2,3)23(17-33-34(7,8)27(4,5)6)28-24(30)18-13-14-21(22(15-18)25(31)32)20-12-10-9-11-19(20)16-29/h9-16,23H,17H2,1-8H3,(H,28,30)(H,31,32). The van der Waals surface area contributed by atoms with E-state index in [2.05, 4.69) is 39.2 Å². The molecule has 2 rings (SSSR count). The minimum absolute atomic E-state index is 0.0354. The van der Waals surface area contributed by atoms with Crippen LogP contribution in [-0.2, 0) is 4.43 Å². The van der Waals surface area contributed by atoms with E-state index in [-0.39, 0.29) is 33.5 Å². The number of benzene rings is 2. The summed E-state index contributed by atoms with van der Waals surface area (Å²) in [4.78, 5) is 36.6. The van der Waals surface area contributed by atoms with Gasteiger partial charge in [0.25, 0.3) is 5.91 Å². The van der Waals surface area contributed by atoms with Gasteiger partial charge in [0.1, 0.15) is 0 Å². The average Bonchev–Trinajstić information content (AvgIpc) is 2.74. The molecule has 2 aromatic rings. The van der Waals surface area contributed by atoms with Crippen LogP contribution in [0, 0.1) is 5.41 Å². The first-order valence-corrected chi connectivity index (χ1v) is 14.4. The lowest BCUT2D eigenvalue weighted by molar-refractivity contribution is 0.0697. The Hall–Kier alpha value is -2.77. The normalized spacial score (nSPS) is 13.3. The smallest absolute Gasteiger partial charge is 0.336 e. The van der Waals surface area contributed by atoms with Crippen molar-refractivity contribution in [3.63, 3.8) is 0 Å². The quantitative estimate of drug-likeness (QED) is 0.353. The van der Waals surface area contributed by atoms with Gasteiger partial charge in [-0.15, -0.1) is 0 Å². The largest absolute Gasteiger partial charge is 0.478 e. The third kappa shape index (κ3) is 6.42. The van der Waals surface area contributed by atoms with E-state index in [9.17, 15) is 19.5 Å². The van der Waals surface area contributed by atoms with E-state index in [0.29, 0.717) is 29.6 Å². The molecule has 1 atom stereocenters. The fourth-order valence-electron chi connectivity index (χ4n) is 3.20. The number of aldehydes is 1. The van der Waals surface area contributed by atoms with Gasteiger partial charge in [-0.2, -0.15) is 0 Å². The first kappa shape index (κ1) is 27.5. The number of rotatable bonds is 8. The lowest BCUT2D eigenvalue weighted by atomic mass is 9.87. The van der Waals surface area contributed by atoms with Crippen LogP contribution in [0.5, 0.6) is 0 Å². The van der Waals surface area contributed by atoms with Gasteiger partial charge in [0.05, 0.1) is 18.2 Å². The number of hydrogen-bond donors (Lipinski definition) is 2. The molecule has 0 bridgehead atoms. The van der Waals surface area contributed by atoms with E-state index in [1.807, 2.05) is 20.8 Å². The number of hydrogen-bond acceptors (Lipinski definition) is 4. The molecular formula is C27H37NO5Si. The molecule has 6 nitrogen and oxygen atoms in total. The van der Waals surface area contributed by atoms with Crippen LogP contribution in [0.4, 0.5) is 0 Å². The Balaban J connectivity index is 2.35. The Morgan fingerprint density at radius 2 is 1.65 bits per heavy atom. The van der Waals surface area contributed by atoms with Gasteiger partial charge < -0.3 is 14.8 Å². The van der Waals surface area contributed by atoms with Crippen molar-refractivity contribution in [1.82, 2.24) is 5.32 Å². The molecule has 0 saturated carbocycles. The molecule has 2 N–H and O–H groups in total. The second-order valence-electron chi connectivity index (χ2n) is 11.2. The molecule has 0 aliphatic rings. The lowest BCUT2D eigenvalue weighted by Gasteiger charge is -2.39. The molecule has 0 aromatic heterocycles. The number of carbonyl (C=O) groups is 3. The Kier molecular flexibility index (Phi) is 8.27. The van der Waals surface area contributed by atoms with Crippen LogP contribution >= 0.6 is 0 Å². The molecule has 184 valence electrons. The minimum atomic E-state index is -2.01. The number of amides is 1. The highest BCUT2D eigenvalue weighted by atomic mass is 28.4. The van der Waals surface area contributed by atoms with Gasteiger partial charge in [0.2, 0.25) is 0 Å². The Bertz CT molecular complexity index is 1060. The molecule has 0 radical (unpaired) electrons. The van der Waals surface area contributed by atoms with E-state index in [4.69, 9.17) is 4.43 Å². The molecule has 0 aliphatic heterocycles. The van der Waals surface area contributed by atoms with Crippen molar-refractivity contribution in [2.75, 3.05) is 6.61 Å². The highest BCUT2D eigenvalue weighted by Crippen LogP contribution is 2.37. The topological polar surface area (TPSA) is 92.7 Å². The van der Waals surface area contributed by atoms with Crippen LogP contribution in [0.15, 0.2) is 42.5 Å². The van der Waals surface area contributed by atoms with Gasteiger partial charge in [-0.1, -0.05) is 71.9 Å². The molecule has 0 fully saturated rings. The number of nitrogens with one attached hydrogen (secondary N) is 1. The van der Waals surface area contributed by atoms with Crippen molar-refractivity contribution in [3.05, 3.63) is 59.2 Å². The average molecular weight is 484 g/mol. The van der Waals surface area contributed by atoms with Crippen molar-refractivity contribution >= 4 is 26.5 Å². The summed E-state index contributed by atoms with van der Waals surface area (Å²) in [5, 5.41) is 12.9. The molecule has 34 heavy (non-hydrogen) atoms. The van der Waals surface area contributed by atoms with Crippen molar-refractivity contribution in [3.8, 4) is 11.1 Å². The van der Waals surface area contributed by atoms with Crippen molar-refractivity contribution in [2.45, 2.75) is 65.7 Å². The van der Waals surface area contributed by atoms with Crippen LogP contribution in [0.2, 0.25) is 18.1 Å². The van der Waals surface area contributed by atoms with Gasteiger partial charge in [-0.05, 0) is 46.8 Å². The summed E-state index contributed by atoms with van der Waals surface area (Å²) in [6.07, 6.45) is 0.692. The highest BCUT2D eigenvalue weighted by molar-refractivity contribution is 6.74. The number of carboxylic acids is 1. The van der Waals surface area contributed by atoms with Crippen LogP contribution in [0.1, 0.15) is 72.6 Å². The first-order valence-electron chi connectivity index (χ1n) is 11.5. The van der Waals surface area contributed by atoms with Crippen LogP contribution in [-0.4, -0.2) is 44.2 Å². The van der Waals surface area contributed by atoms with E-state index in [0.717, 1.165) is 0 Å². The maximum atomic E-state index is 13.2. The second kappa shape index (κ2) is 10.2. The fraction of sp³-hybridized carbons (Fsp3) is 0.444. The van der Waals surface area contributed by atoms with Crippen LogP contribution < -0.4 is 5.32 Å². The maximum absolute atomic E-state index is 13.2. The fourth-order valence-corrected chi connectivity index (χ4v) is 4.22. The van der Waals surface area contributed by atoms with Crippen molar-refractivity contribution in [1.29, 1.82) is 0 Å². The van der Waals surface area contributed by atoms with Gasteiger partial charge >= 0.3 is 5.97 Å². The summed E-state index contributed by atoms with van der Waals surface area (Å²) in [5.74, 6) is -1.53. The zero-order chi connectivity index (χ0) is 25.9. The zero-order valence-electron chi connectivity index (χ0n) is 21.5. The van der Waals surface area contributed by atoms with Crippen molar-refractivity contribution in [2.24, 2.45) is 5.41 Å². The van der Waals surface area contributed by atoms with Crippen molar-refractivity contribution < 1.29 is 23.9 Å². The zero-order valence-corrected chi connectivity index (χ0v) is 22.5. The predicted octanol–water partition coefficient (Wildman–Crippen LogP) is 6.03. The summed E-state index contributed by atoms with van der Waals surface area (Å²) < 4.78 is 6.38. The summed E-state index contributed by atoms with van der Waals surface area (Å²) in [5.41, 5.74) is 1.23. The Morgan fingerprint density at radius 1 is 1.03 bits per heavy atom. The Labute approximate surface area is 203 Å². The second-order valence-corrected chi connectivity index (χ2v) is 16.0. The number of aromatic carboxylic acids is 1. The lowest BCUT2D eigenvalue weighted by Crippen LogP contribution is -2.51. The number of carboxylic acid groups (broad SMARTS) is 1. The molecule has 0 saturated heterocycles. The summed E-state index contributed by atoms with van der Waals surface area (Å²) in [7, 11) is -2.01. The van der Waals surface area contributed by atoms with E-state index in [1.54, 1.807) is 36.4 Å². The molecule has 1 amide bonds. The summed E-state index contributed by atoms with van der Waals surface area (Å²) in [6.45, 7) is 17.3. The molecule has 2 aromatic carbocycles. The minimum Gasteiger partial charge on any atom is -0.478 e. The molecule has 7 heteroatoms. The third-order valence-corrected chi connectivity index (χ3v) is 11.2. The number of carbonyl (C=O) groups excluding carboxylic acids is 2. The van der Waals surface area contributed by atoms with E-state index >= 15 is 0 Å². The highest BCUT2D eigenvalue weighted by Gasteiger charge is 2.39. The summed E-state index contributed by atoms with van der Waals surface area (Å²) in [6, 6.07) is 11.1. The van der Waals surface area contributed by atoms with Crippen LogP contribution in [0.3, 0.4) is 0 Å². The van der Waals surface area contributed by atoms with Crippen LogP contribution in [0.25, 0.3) is 11.1 Å². The van der Waals surface area contributed by atoms with E-state index < -0.39 is 14.3 Å². The van der Waals surface area contributed by atoms with Gasteiger partial charge in [-0.25, -0.2) is 4.79 Å². The molecule has 0 spiro atoms. The Morgan fingerprint density at radius 3 is 2.18 bits per heavy atom. The maximum Gasteiger partial charge on any atom is 0.336 e.